The lowest BCUT2D eigenvalue weighted by Crippen LogP contribution is -2.34. The molecule has 1 saturated heterocycles. The summed E-state index contributed by atoms with van der Waals surface area (Å²) in [4.78, 5) is 11.9. The van der Waals surface area contributed by atoms with Gasteiger partial charge in [0.15, 0.2) is 0 Å². The smallest absolute Gasteiger partial charge is 0.239 e. The van der Waals surface area contributed by atoms with E-state index in [-0.39, 0.29) is 18.2 Å². The molecule has 0 aromatic heterocycles. The Bertz CT molecular complexity index is 578. The Morgan fingerprint density at radius 1 is 1.47 bits per heavy atom. The molecule has 0 radical (unpaired) electrons. The summed E-state index contributed by atoms with van der Waals surface area (Å²) in [6.07, 6.45) is 0.572. The van der Waals surface area contributed by atoms with Crippen LogP contribution in [0.15, 0.2) is 18.2 Å². The van der Waals surface area contributed by atoms with E-state index in [9.17, 15) is 13.2 Å². The van der Waals surface area contributed by atoms with Crippen molar-refractivity contribution < 1.29 is 13.2 Å². The molecule has 1 aromatic rings. The fourth-order valence-electron chi connectivity index (χ4n) is 2.07. The van der Waals surface area contributed by atoms with Crippen molar-refractivity contribution in [1.82, 2.24) is 4.31 Å². The summed E-state index contributed by atoms with van der Waals surface area (Å²) in [6.45, 7) is 2.08. The van der Waals surface area contributed by atoms with Crippen LogP contribution >= 0.6 is 0 Å². The van der Waals surface area contributed by atoms with Gasteiger partial charge in [-0.15, -0.1) is 0 Å². The van der Waals surface area contributed by atoms with Crippen molar-refractivity contribution in [3.63, 3.8) is 0 Å². The first-order valence-corrected chi connectivity index (χ1v) is 7.64. The zero-order valence-electron chi connectivity index (χ0n) is 10.7. The molecule has 1 aliphatic rings. The van der Waals surface area contributed by atoms with Crippen LogP contribution in [-0.2, 0) is 14.8 Å². The van der Waals surface area contributed by atoms with Crippen molar-refractivity contribution in [3.8, 4) is 0 Å². The van der Waals surface area contributed by atoms with Gasteiger partial charge >= 0.3 is 0 Å². The number of para-hydroxylation sites is 1. The molecule has 1 fully saturated rings. The fourth-order valence-corrected chi connectivity index (χ4v) is 3.54. The van der Waals surface area contributed by atoms with Gasteiger partial charge in [-0.2, -0.15) is 4.31 Å². The van der Waals surface area contributed by atoms with E-state index in [4.69, 9.17) is 5.73 Å². The lowest BCUT2D eigenvalue weighted by Gasteiger charge is -2.15. The summed E-state index contributed by atoms with van der Waals surface area (Å²) in [5, 5.41) is 2.67. The van der Waals surface area contributed by atoms with E-state index in [2.05, 4.69) is 5.32 Å². The minimum atomic E-state index is -3.25. The molecule has 19 heavy (non-hydrogen) atoms. The van der Waals surface area contributed by atoms with Crippen molar-refractivity contribution in [2.45, 2.75) is 13.3 Å². The molecular weight excluding hydrogens is 266 g/mol. The highest BCUT2D eigenvalue weighted by Crippen LogP contribution is 2.22. The average Bonchev–Trinajstić information content (AvgIpc) is 2.64. The van der Waals surface area contributed by atoms with E-state index in [0.29, 0.717) is 24.3 Å². The van der Waals surface area contributed by atoms with Gasteiger partial charge in [-0.05, 0) is 25.0 Å². The normalized spacial score (nSPS) is 18.4. The molecule has 0 bridgehead atoms. The number of nitrogens with two attached hydrogens (primary N) is 1. The molecule has 6 nitrogen and oxygen atoms in total. The SMILES string of the molecule is Cc1cccc(N)c1NC(=O)CN1CCCS1(=O)=O. The Morgan fingerprint density at radius 3 is 2.79 bits per heavy atom. The number of anilines is 2. The first-order chi connectivity index (χ1) is 8.90. The predicted octanol–water partition coefficient (Wildman–Crippen LogP) is 0.551. The van der Waals surface area contributed by atoms with Crippen LogP contribution in [0.2, 0.25) is 0 Å². The molecular formula is C12H17N3O3S. The molecule has 3 N–H and O–H groups in total. The maximum atomic E-state index is 11.9. The number of amides is 1. The summed E-state index contributed by atoms with van der Waals surface area (Å²) < 4.78 is 24.4. The Labute approximate surface area is 112 Å². The third-order valence-electron chi connectivity index (χ3n) is 3.09. The minimum absolute atomic E-state index is 0.118. The van der Waals surface area contributed by atoms with E-state index < -0.39 is 10.0 Å². The van der Waals surface area contributed by atoms with E-state index in [1.165, 1.54) is 4.31 Å². The molecule has 7 heteroatoms. The van der Waals surface area contributed by atoms with Crippen molar-refractivity contribution in [2.75, 3.05) is 29.9 Å². The number of rotatable bonds is 3. The lowest BCUT2D eigenvalue weighted by atomic mass is 10.1. The topological polar surface area (TPSA) is 92.5 Å². The molecule has 1 aliphatic heterocycles. The number of hydrogen-bond donors (Lipinski definition) is 2. The van der Waals surface area contributed by atoms with Crippen LogP contribution in [0.3, 0.4) is 0 Å². The highest BCUT2D eigenvalue weighted by molar-refractivity contribution is 7.89. The zero-order valence-corrected chi connectivity index (χ0v) is 11.5. The molecule has 1 aromatic carbocycles. The van der Waals surface area contributed by atoms with Crippen LogP contribution < -0.4 is 11.1 Å². The van der Waals surface area contributed by atoms with Crippen LogP contribution in [0.1, 0.15) is 12.0 Å². The van der Waals surface area contributed by atoms with Crippen LogP contribution in [0.5, 0.6) is 0 Å². The molecule has 104 valence electrons. The number of benzene rings is 1. The number of nitrogens with one attached hydrogen (secondary N) is 1. The van der Waals surface area contributed by atoms with E-state index in [0.717, 1.165) is 5.56 Å². The molecule has 0 aliphatic carbocycles. The number of carbonyl (C=O) groups excluding carboxylic acids is 1. The summed E-state index contributed by atoms with van der Waals surface area (Å²) in [5.41, 5.74) is 7.65. The second-order valence-electron chi connectivity index (χ2n) is 4.59. The van der Waals surface area contributed by atoms with Gasteiger partial charge in [-0.1, -0.05) is 12.1 Å². The Kier molecular flexibility index (Phi) is 3.77. The summed E-state index contributed by atoms with van der Waals surface area (Å²) >= 11 is 0. The summed E-state index contributed by atoms with van der Waals surface area (Å²) in [6, 6.07) is 5.32. The number of aryl methyl sites for hydroxylation is 1. The number of sulfonamides is 1. The Morgan fingerprint density at radius 2 is 2.21 bits per heavy atom. The van der Waals surface area contributed by atoms with Crippen LogP contribution in [0, 0.1) is 6.92 Å². The highest BCUT2D eigenvalue weighted by atomic mass is 32.2. The largest absolute Gasteiger partial charge is 0.397 e. The van der Waals surface area contributed by atoms with Crippen molar-refractivity contribution in [1.29, 1.82) is 0 Å². The lowest BCUT2D eigenvalue weighted by molar-refractivity contribution is -0.116. The van der Waals surface area contributed by atoms with Crippen LogP contribution in [0.4, 0.5) is 11.4 Å². The van der Waals surface area contributed by atoms with Gasteiger partial charge in [0.2, 0.25) is 15.9 Å². The second-order valence-corrected chi connectivity index (χ2v) is 6.68. The van der Waals surface area contributed by atoms with Gasteiger partial charge in [0.25, 0.3) is 0 Å². The molecule has 2 rings (SSSR count). The zero-order chi connectivity index (χ0) is 14.0. The number of hydrogen-bond acceptors (Lipinski definition) is 4. The average molecular weight is 283 g/mol. The Balaban J connectivity index is 2.06. The van der Waals surface area contributed by atoms with Gasteiger partial charge in [-0.25, -0.2) is 8.42 Å². The van der Waals surface area contributed by atoms with Gasteiger partial charge in [0.05, 0.1) is 23.7 Å². The fraction of sp³-hybridized carbons (Fsp3) is 0.417. The maximum Gasteiger partial charge on any atom is 0.239 e. The highest BCUT2D eigenvalue weighted by Gasteiger charge is 2.29. The van der Waals surface area contributed by atoms with Crippen molar-refractivity contribution in [3.05, 3.63) is 23.8 Å². The molecule has 0 unspecified atom stereocenters. The van der Waals surface area contributed by atoms with Crippen LogP contribution in [-0.4, -0.2) is 37.5 Å². The summed E-state index contributed by atoms with van der Waals surface area (Å²) in [7, 11) is -3.25. The van der Waals surface area contributed by atoms with Gasteiger partial charge in [0.1, 0.15) is 0 Å². The monoisotopic (exact) mass is 283 g/mol. The third kappa shape index (κ3) is 3.05. The standard InChI is InChI=1S/C12H17N3O3S/c1-9-4-2-5-10(13)12(9)14-11(16)8-15-6-3-7-19(15,17)18/h2,4-5H,3,6-8,13H2,1H3,(H,14,16). The van der Waals surface area contributed by atoms with Gasteiger partial charge in [-0.3, -0.25) is 4.79 Å². The number of carbonyl (C=O) groups is 1. The quantitative estimate of drug-likeness (QED) is 0.792. The van der Waals surface area contributed by atoms with Crippen molar-refractivity contribution in [2.24, 2.45) is 0 Å². The van der Waals surface area contributed by atoms with Crippen molar-refractivity contribution >= 4 is 27.3 Å². The van der Waals surface area contributed by atoms with Crippen LogP contribution in [0.25, 0.3) is 0 Å². The van der Waals surface area contributed by atoms with Gasteiger partial charge < -0.3 is 11.1 Å². The first-order valence-electron chi connectivity index (χ1n) is 6.03. The number of nitrogen functional groups attached to an aromatic ring is 1. The van der Waals surface area contributed by atoms with E-state index >= 15 is 0 Å². The summed E-state index contributed by atoms with van der Waals surface area (Å²) in [5.74, 6) is -0.251. The molecule has 0 atom stereocenters. The number of nitrogens with zero attached hydrogens (tertiary/aromatic N) is 1. The molecule has 0 saturated carbocycles. The first kappa shape index (κ1) is 13.8. The maximum absolute atomic E-state index is 11.9. The van der Waals surface area contributed by atoms with E-state index in [1.807, 2.05) is 13.0 Å². The van der Waals surface area contributed by atoms with Gasteiger partial charge in [0, 0.05) is 6.54 Å². The third-order valence-corrected chi connectivity index (χ3v) is 5.00. The molecule has 1 amide bonds. The second kappa shape index (κ2) is 5.18. The molecule has 0 spiro atoms. The molecule has 1 heterocycles. The minimum Gasteiger partial charge on any atom is -0.397 e. The predicted molar refractivity (Wildman–Crippen MR) is 74.2 cm³/mol. The van der Waals surface area contributed by atoms with E-state index in [1.54, 1.807) is 12.1 Å². The Hall–Kier alpha value is -1.60.